The first-order chi connectivity index (χ1) is 9.58. The second kappa shape index (κ2) is 6.15. The smallest absolute Gasteiger partial charge is 0.348 e. The van der Waals surface area contributed by atoms with Crippen molar-refractivity contribution in [2.75, 3.05) is 20.3 Å². The van der Waals surface area contributed by atoms with E-state index >= 15 is 0 Å². The number of nitrogens with zero attached hydrogens (tertiary/aromatic N) is 1. The molecule has 0 amide bonds. The molecule has 0 aliphatic carbocycles. The Morgan fingerprint density at radius 1 is 1.45 bits per heavy atom. The number of carbonyl (C=O) groups excluding carboxylic acids is 1. The molecular formula is C13H16N2O4S. The fraction of sp³-hybridized carbons (Fsp3) is 0.462. The van der Waals surface area contributed by atoms with E-state index in [-0.39, 0.29) is 5.56 Å². The number of esters is 1. The normalized spacial score (nSPS) is 10.9. The summed E-state index contributed by atoms with van der Waals surface area (Å²) in [6, 6.07) is 0. The molecule has 20 heavy (non-hydrogen) atoms. The van der Waals surface area contributed by atoms with Crippen LogP contribution in [0.2, 0.25) is 0 Å². The highest BCUT2D eigenvalue weighted by molar-refractivity contribution is 7.20. The molecule has 0 atom stereocenters. The summed E-state index contributed by atoms with van der Waals surface area (Å²) in [6.07, 6.45) is 0.521. The number of H-pyrrole nitrogens is 1. The molecule has 6 nitrogen and oxygen atoms in total. The molecule has 0 fully saturated rings. The van der Waals surface area contributed by atoms with Gasteiger partial charge in [0.05, 0.1) is 18.6 Å². The van der Waals surface area contributed by atoms with Gasteiger partial charge in [-0.25, -0.2) is 9.78 Å². The molecular weight excluding hydrogens is 280 g/mol. The van der Waals surface area contributed by atoms with E-state index in [0.29, 0.717) is 46.1 Å². The maximum Gasteiger partial charge on any atom is 0.348 e. The van der Waals surface area contributed by atoms with E-state index in [1.807, 2.05) is 0 Å². The van der Waals surface area contributed by atoms with E-state index in [1.54, 1.807) is 21.0 Å². The standard InChI is InChI=1S/C13H16N2O4S/c1-4-19-13(17)10-7(2)9-11(16)14-8(5-6-18-3)15-12(9)20-10/h4-6H2,1-3H3,(H,14,15,16). The molecule has 0 saturated heterocycles. The van der Waals surface area contributed by atoms with Gasteiger partial charge < -0.3 is 14.5 Å². The molecule has 0 aliphatic heterocycles. The van der Waals surface area contributed by atoms with Crippen molar-refractivity contribution < 1.29 is 14.3 Å². The van der Waals surface area contributed by atoms with E-state index in [0.717, 1.165) is 0 Å². The van der Waals surface area contributed by atoms with Crippen molar-refractivity contribution in [1.82, 2.24) is 9.97 Å². The van der Waals surface area contributed by atoms with E-state index < -0.39 is 5.97 Å². The minimum atomic E-state index is -0.411. The van der Waals surface area contributed by atoms with Gasteiger partial charge in [0.15, 0.2) is 0 Å². The molecule has 7 heteroatoms. The zero-order valence-corrected chi connectivity index (χ0v) is 12.4. The van der Waals surface area contributed by atoms with Crippen LogP contribution >= 0.6 is 11.3 Å². The third kappa shape index (κ3) is 2.73. The minimum Gasteiger partial charge on any atom is -0.462 e. The highest BCUT2D eigenvalue weighted by Crippen LogP contribution is 2.27. The van der Waals surface area contributed by atoms with Crippen molar-refractivity contribution in [3.8, 4) is 0 Å². The van der Waals surface area contributed by atoms with Crippen LogP contribution in [0.25, 0.3) is 10.2 Å². The summed E-state index contributed by atoms with van der Waals surface area (Å²) in [5, 5.41) is 0.458. The van der Waals surface area contributed by atoms with Crippen LogP contribution < -0.4 is 5.56 Å². The van der Waals surface area contributed by atoms with Crippen LogP contribution in [0.15, 0.2) is 4.79 Å². The van der Waals surface area contributed by atoms with Gasteiger partial charge in [-0.1, -0.05) is 0 Å². The van der Waals surface area contributed by atoms with Gasteiger partial charge in [0.1, 0.15) is 15.5 Å². The fourth-order valence-electron chi connectivity index (χ4n) is 1.90. The quantitative estimate of drug-likeness (QED) is 0.849. The molecule has 0 spiro atoms. The molecule has 2 heterocycles. The molecule has 2 aromatic heterocycles. The van der Waals surface area contributed by atoms with Crippen LogP contribution in [0.1, 0.15) is 28.0 Å². The number of aromatic nitrogens is 2. The van der Waals surface area contributed by atoms with Gasteiger partial charge >= 0.3 is 5.97 Å². The first kappa shape index (κ1) is 14.7. The van der Waals surface area contributed by atoms with Gasteiger partial charge in [0.2, 0.25) is 0 Å². The van der Waals surface area contributed by atoms with Crippen molar-refractivity contribution in [2.45, 2.75) is 20.3 Å². The Morgan fingerprint density at radius 3 is 2.85 bits per heavy atom. The maximum atomic E-state index is 12.1. The van der Waals surface area contributed by atoms with E-state index in [9.17, 15) is 9.59 Å². The second-order valence-electron chi connectivity index (χ2n) is 4.21. The van der Waals surface area contributed by atoms with E-state index in [2.05, 4.69) is 9.97 Å². The summed E-state index contributed by atoms with van der Waals surface area (Å²) in [7, 11) is 1.59. The Morgan fingerprint density at radius 2 is 2.20 bits per heavy atom. The van der Waals surface area contributed by atoms with Crippen molar-refractivity contribution in [2.24, 2.45) is 0 Å². The Kier molecular flexibility index (Phi) is 4.51. The number of aryl methyl sites for hydroxylation is 1. The number of carbonyl (C=O) groups is 1. The largest absolute Gasteiger partial charge is 0.462 e. The van der Waals surface area contributed by atoms with Crippen LogP contribution in [0.3, 0.4) is 0 Å². The average Bonchev–Trinajstić information content (AvgIpc) is 2.74. The lowest BCUT2D eigenvalue weighted by Crippen LogP contribution is -2.13. The third-order valence-corrected chi connectivity index (χ3v) is 4.02. The van der Waals surface area contributed by atoms with Crippen molar-refractivity contribution in [3.63, 3.8) is 0 Å². The number of hydrogen-bond donors (Lipinski definition) is 1. The second-order valence-corrected chi connectivity index (χ2v) is 5.21. The lowest BCUT2D eigenvalue weighted by Gasteiger charge is -2.00. The fourth-order valence-corrected chi connectivity index (χ4v) is 2.99. The summed E-state index contributed by atoms with van der Waals surface area (Å²) in [5.41, 5.74) is 0.390. The number of methoxy groups -OCH3 is 1. The Labute approximate surface area is 119 Å². The van der Waals surface area contributed by atoms with Crippen molar-refractivity contribution in [3.05, 3.63) is 26.6 Å². The molecule has 0 aromatic carbocycles. The molecule has 2 aromatic rings. The lowest BCUT2D eigenvalue weighted by atomic mass is 10.2. The van der Waals surface area contributed by atoms with Gasteiger partial charge in [-0.3, -0.25) is 4.79 Å². The summed E-state index contributed by atoms with van der Waals surface area (Å²) < 4.78 is 9.95. The predicted molar refractivity (Wildman–Crippen MR) is 76.5 cm³/mol. The highest BCUT2D eigenvalue weighted by atomic mass is 32.1. The lowest BCUT2D eigenvalue weighted by molar-refractivity contribution is 0.0531. The predicted octanol–water partition coefficient (Wildman–Crippen LogP) is 1.66. The Balaban J connectivity index is 2.50. The highest BCUT2D eigenvalue weighted by Gasteiger charge is 2.19. The molecule has 0 aliphatic rings. The molecule has 1 N–H and O–H groups in total. The zero-order valence-electron chi connectivity index (χ0n) is 11.6. The number of aromatic amines is 1. The molecule has 0 bridgehead atoms. The molecule has 0 unspecified atom stereocenters. The molecule has 0 radical (unpaired) electrons. The monoisotopic (exact) mass is 296 g/mol. The van der Waals surface area contributed by atoms with Crippen LogP contribution in [0.5, 0.6) is 0 Å². The number of rotatable bonds is 5. The Bertz CT molecular complexity index is 689. The topological polar surface area (TPSA) is 81.3 Å². The zero-order chi connectivity index (χ0) is 14.7. The van der Waals surface area contributed by atoms with Crippen LogP contribution in [0, 0.1) is 6.92 Å². The minimum absolute atomic E-state index is 0.231. The number of ether oxygens (including phenoxy) is 2. The van der Waals surface area contributed by atoms with Gasteiger partial charge in [-0.2, -0.15) is 0 Å². The number of fused-ring (bicyclic) bond motifs is 1. The van der Waals surface area contributed by atoms with Gasteiger partial charge in [-0.05, 0) is 19.4 Å². The number of nitrogens with one attached hydrogen (secondary N) is 1. The van der Waals surface area contributed by atoms with Crippen molar-refractivity contribution >= 4 is 27.5 Å². The average molecular weight is 296 g/mol. The van der Waals surface area contributed by atoms with Gasteiger partial charge in [-0.15, -0.1) is 11.3 Å². The van der Waals surface area contributed by atoms with Crippen LogP contribution in [-0.2, 0) is 15.9 Å². The molecule has 108 valence electrons. The van der Waals surface area contributed by atoms with E-state index in [1.165, 1.54) is 11.3 Å². The van der Waals surface area contributed by atoms with Gasteiger partial charge in [0.25, 0.3) is 5.56 Å². The summed E-state index contributed by atoms with van der Waals surface area (Å²) in [6.45, 7) is 4.25. The SMILES string of the molecule is CCOC(=O)c1sc2nc(CCOC)[nH]c(=O)c2c1C. The molecule has 0 saturated carbocycles. The number of hydrogen-bond acceptors (Lipinski definition) is 6. The summed E-state index contributed by atoms with van der Waals surface area (Å²) >= 11 is 1.19. The van der Waals surface area contributed by atoms with Crippen LogP contribution in [-0.4, -0.2) is 36.3 Å². The first-order valence-corrected chi connectivity index (χ1v) is 7.08. The van der Waals surface area contributed by atoms with Crippen LogP contribution in [0.4, 0.5) is 0 Å². The Hall–Kier alpha value is -1.73. The summed E-state index contributed by atoms with van der Waals surface area (Å²) in [4.78, 5) is 32.0. The number of thiophene rings is 1. The summed E-state index contributed by atoms with van der Waals surface area (Å²) in [5.74, 6) is 0.145. The first-order valence-electron chi connectivity index (χ1n) is 6.26. The van der Waals surface area contributed by atoms with Gasteiger partial charge in [0, 0.05) is 13.5 Å². The van der Waals surface area contributed by atoms with Crippen molar-refractivity contribution in [1.29, 1.82) is 0 Å². The molecule has 2 rings (SSSR count). The maximum absolute atomic E-state index is 12.1. The third-order valence-electron chi connectivity index (χ3n) is 2.85. The van der Waals surface area contributed by atoms with E-state index in [4.69, 9.17) is 9.47 Å².